The number of aliphatic hydroxyl groups excluding tert-OH is 1. The summed E-state index contributed by atoms with van der Waals surface area (Å²) in [6.07, 6.45) is -4.63. The number of nitrogens with two attached hydrogens (primary N) is 1. The molecule has 6 atom stereocenters. The van der Waals surface area contributed by atoms with Crippen LogP contribution >= 0.6 is 0 Å². The lowest BCUT2D eigenvalue weighted by molar-refractivity contribution is -0.247. The third kappa shape index (κ3) is 4.37. The van der Waals surface area contributed by atoms with Gasteiger partial charge in [0, 0.05) is 49.1 Å². The Balaban J connectivity index is 1.66. The second-order valence-electron chi connectivity index (χ2n) is 10.5. The van der Waals surface area contributed by atoms with E-state index in [1.165, 1.54) is 32.2 Å². The molecular weight excluding hydrogens is 526 g/mol. The summed E-state index contributed by atoms with van der Waals surface area (Å²) < 4.78 is 22.2. The van der Waals surface area contributed by atoms with E-state index in [1.807, 2.05) is 0 Å². The minimum Gasteiger partial charge on any atom is -0.507 e. The fraction of sp³-hybridized carbons (Fsp3) is 0.464. The topological polar surface area (TPSA) is 195 Å². The number of ketones is 3. The van der Waals surface area contributed by atoms with Gasteiger partial charge in [-0.15, -0.1) is 0 Å². The second kappa shape index (κ2) is 10.2. The molecule has 0 amide bonds. The number of rotatable bonds is 6. The molecule has 5 rings (SSSR count). The summed E-state index contributed by atoms with van der Waals surface area (Å²) in [4.78, 5) is 39.9. The smallest absolute Gasteiger partial charge is 0.202 e. The monoisotopic (exact) mass is 557 g/mol. The predicted octanol–water partition coefficient (Wildman–Crippen LogP) is 1.00. The number of aliphatic hydroxyl groups is 2. The third-order valence-electron chi connectivity index (χ3n) is 7.91. The number of benzene rings is 2. The minimum absolute atomic E-state index is 0.0517. The molecular formula is C28H31NO11. The van der Waals surface area contributed by atoms with Crippen LogP contribution in [0.15, 0.2) is 18.2 Å². The van der Waals surface area contributed by atoms with Crippen LogP contribution in [-0.4, -0.2) is 81.8 Å². The molecule has 12 heteroatoms. The number of hydrogen-bond acceptors (Lipinski definition) is 12. The maximum Gasteiger partial charge on any atom is 0.202 e. The molecule has 12 nitrogen and oxygen atoms in total. The molecule has 0 spiro atoms. The van der Waals surface area contributed by atoms with Gasteiger partial charge in [0.2, 0.25) is 5.78 Å². The lowest BCUT2D eigenvalue weighted by atomic mass is 9.72. The number of aromatic hydroxyl groups is 2. The molecule has 2 aromatic rings. The van der Waals surface area contributed by atoms with Crippen LogP contribution in [0.2, 0.25) is 0 Å². The molecule has 2 aromatic carbocycles. The number of carbonyl (C=O) groups excluding carboxylic acids is 3. The Labute approximate surface area is 229 Å². The first-order chi connectivity index (χ1) is 18.9. The van der Waals surface area contributed by atoms with Gasteiger partial charge >= 0.3 is 0 Å². The summed E-state index contributed by atoms with van der Waals surface area (Å²) in [6, 6.07) is 3.67. The van der Waals surface area contributed by atoms with E-state index in [4.69, 9.17) is 24.7 Å². The Morgan fingerprint density at radius 2 is 1.85 bits per heavy atom. The largest absolute Gasteiger partial charge is 0.507 e. The van der Waals surface area contributed by atoms with E-state index < -0.39 is 82.6 Å². The number of ether oxygens (including phenoxy) is 4. The van der Waals surface area contributed by atoms with Gasteiger partial charge in [-0.2, -0.15) is 0 Å². The molecule has 6 N–H and O–H groups in total. The number of phenols is 2. The highest BCUT2D eigenvalue weighted by molar-refractivity contribution is 6.31. The number of hydrogen-bond donors (Lipinski definition) is 5. The lowest BCUT2D eigenvalue weighted by Crippen LogP contribution is -2.52. The van der Waals surface area contributed by atoms with Crippen molar-refractivity contribution >= 4 is 17.3 Å². The van der Waals surface area contributed by atoms with Gasteiger partial charge in [-0.1, -0.05) is 12.1 Å². The highest BCUT2D eigenvalue weighted by atomic mass is 16.7. The maximum absolute atomic E-state index is 13.8. The van der Waals surface area contributed by atoms with Gasteiger partial charge in [-0.25, -0.2) is 0 Å². The average Bonchev–Trinajstić information content (AvgIpc) is 2.90. The molecule has 1 heterocycles. The van der Waals surface area contributed by atoms with Crippen molar-refractivity contribution in [1.29, 1.82) is 0 Å². The molecule has 0 aromatic heterocycles. The van der Waals surface area contributed by atoms with E-state index in [-0.39, 0.29) is 47.6 Å². The van der Waals surface area contributed by atoms with E-state index in [1.54, 1.807) is 6.92 Å². The molecule has 2 aliphatic carbocycles. The van der Waals surface area contributed by atoms with Gasteiger partial charge in [-0.3, -0.25) is 14.4 Å². The Bertz CT molecular complexity index is 1390. The summed E-state index contributed by atoms with van der Waals surface area (Å²) in [7, 11) is 1.39. The van der Waals surface area contributed by atoms with Crippen LogP contribution < -0.4 is 10.5 Å². The summed E-state index contributed by atoms with van der Waals surface area (Å²) in [5.41, 5.74) is 2.80. The van der Waals surface area contributed by atoms with Crippen molar-refractivity contribution in [3.8, 4) is 17.2 Å². The Morgan fingerprint density at radius 3 is 2.50 bits per heavy atom. The van der Waals surface area contributed by atoms with Crippen molar-refractivity contribution in [3.05, 3.63) is 51.6 Å². The highest BCUT2D eigenvalue weighted by Crippen LogP contribution is 2.52. The first-order valence-electron chi connectivity index (χ1n) is 12.8. The molecule has 1 aliphatic heterocycles. The molecule has 1 saturated heterocycles. The van der Waals surface area contributed by atoms with Crippen LogP contribution in [0.3, 0.4) is 0 Å². The SMILES string of the molecule is COCOc1cccc2c1C(=O)c1c(O)c3c(c(O)c1C2=O)C[C@@](O)(C(C)=O)C[C@@H]3OC1CC(N)C(O)C(C)O1. The van der Waals surface area contributed by atoms with Crippen LogP contribution in [0.1, 0.15) is 75.8 Å². The van der Waals surface area contributed by atoms with Crippen LogP contribution in [-0.2, 0) is 25.4 Å². The van der Waals surface area contributed by atoms with Crippen LogP contribution in [0.4, 0.5) is 0 Å². The first-order valence-corrected chi connectivity index (χ1v) is 12.8. The third-order valence-corrected chi connectivity index (χ3v) is 7.91. The summed E-state index contributed by atoms with van der Waals surface area (Å²) >= 11 is 0. The molecule has 40 heavy (non-hydrogen) atoms. The molecule has 3 aliphatic rings. The zero-order valence-corrected chi connectivity index (χ0v) is 22.2. The summed E-state index contributed by atoms with van der Waals surface area (Å²) in [6.45, 7) is 2.57. The van der Waals surface area contributed by atoms with Gasteiger partial charge in [0.25, 0.3) is 0 Å². The molecule has 0 saturated carbocycles. The predicted molar refractivity (Wildman–Crippen MR) is 136 cm³/mol. The van der Waals surface area contributed by atoms with Crippen LogP contribution in [0.25, 0.3) is 0 Å². The summed E-state index contributed by atoms with van der Waals surface area (Å²) in [5, 5.41) is 44.3. The minimum atomic E-state index is -2.02. The van der Waals surface area contributed by atoms with Crippen molar-refractivity contribution in [3.63, 3.8) is 0 Å². The van der Waals surface area contributed by atoms with Gasteiger partial charge in [0.1, 0.15) is 22.8 Å². The van der Waals surface area contributed by atoms with E-state index in [0.717, 1.165) is 0 Å². The average molecular weight is 558 g/mol. The maximum atomic E-state index is 13.8. The number of carbonyl (C=O) groups is 3. The first kappa shape index (κ1) is 28.1. The zero-order chi connectivity index (χ0) is 29.1. The molecule has 0 radical (unpaired) electrons. The van der Waals surface area contributed by atoms with Gasteiger partial charge in [0.15, 0.2) is 24.6 Å². The highest BCUT2D eigenvalue weighted by Gasteiger charge is 2.49. The van der Waals surface area contributed by atoms with Gasteiger partial charge in [-0.05, 0) is 19.9 Å². The van der Waals surface area contributed by atoms with E-state index >= 15 is 0 Å². The number of fused-ring (bicyclic) bond motifs is 3. The van der Waals surface area contributed by atoms with Crippen molar-refractivity contribution < 1.29 is 53.8 Å². The second-order valence-corrected chi connectivity index (χ2v) is 10.5. The van der Waals surface area contributed by atoms with Crippen LogP contribution in [0, 0.1) is 0 Å². The quantitative estimate of drug-likeness (QED) is 0.213. The number of phenolic OH excluding ortho intramolecular Hbond substituents is 2. The Kier molecular flexibility index (Phi) is 7.19. The molecule has 4 unspecified atom stereocenters. The standard InChI is InChI=1S/C28H31NO11/c1-11-23(31)15(29)7-18(39-11)40-17-9-28(36,12(2)30)8-14-20(17)27(35)22-21(25(14)33)24(32)13-5-4-6-16(38-10-37-3)19(13)26(22)34/h4-6,11,15,17-18,23,31,33,35-36H,7-10,29H2,1-3H3/t11?,15?,17-,18?,23?,28-/m0/s1. The Morgan fingerprint density at radius 1 is 1.15 bits per heavy atom. The van der Waals surface area contributed by atoms with Crippen molar-refractivity contribution in [2.45, 2.75) is 69.4 Å². The van der Waals surface area contributed by atoms with Crippen molar-refractivity contribution in [2.75, 3.05) is 13.9 Å². The van der Waals surface area contributed by atoms with Crippen molar-refractivity contribution in [1.82, 2.24) is 0 Å². The zero-order valence-electron chi connectivity index (χ0n) is 22.2. The van der Waals surface area contributed by atoms with E-state index in [0.29, 0.717) is 0 Å². The van der Waals surface area contributed by atoms with E-state index in [2.05, 4.69) is 0 Å². The number of Topliss-reactive ketones (excluding diaryl/α,β-unsaturated/α-hetero) is 1. The van der Waals surface area contributed by atoms with Gasteiger partial charge in [0.05, 0.1) is 35.0 Å². The molecule has 1 fully saturated rings. The summed E-state index contributed by atoms with van der Waals surface area (Å²) in [5.74, 6) is -3.37. The molecule has 0 bridgehead atoms. The van der Waals surface area contributed by atoms with Crippen LogP contribution in [0.5, 0.6) is 17.2 Å². The van der Waals surface area contributed by atoms with Crippen molar-refractivity contribution in [2.24, 2.45) is 5.73 Å². The lowest BCUT2D eigenvalue weighted by Gasteiger charge is -2.42. The fourth-order valence-corrected chi connectivity index (χ4v) is 5.73. The van der Waals surface area contributed by atoms with E-state index in [9.17, 15) is 34.8 Å². The molecule has 214 valence electrons. The Hall–Kier alpha value is -3.39. The normalized spacial score (nSPS) is 29.4. The fourth-order valence-electron chi connectivity index (χ4n) is 5.73. The number of methoxy groups -OCH3 is 1. The van der Waals surface area contributed by atoms with Gasteiger partial charge < -0.3 is 45.1 Å².